The van der Waals surface area contributed by atoms with Gasteiger partial charge in [0, 0.05) is 19.1 Å². The van der Waals surface area contributed by atoms with Gasteiger partial charge < -0.3 is 15.0 Å². The highest BCUT2D eigenvalue weighted by Crippen LogP contribution is 2.17. The number of ether oxygens (including phenoxy) is 1. The predicted octanol–water partition coefficient (Wildman–Crippen LogP) is 3.62. The first-order valence-corrected chi connectivity index (χ1v) is 9.54. The molecular weight excluding hydrogens is 324 g/mol. The lowest BCUT2D eigenvalue weighted by molar-refractivity contribution is -0.139. The molecule has 1 heterocycles. The Balaban J connectivity index is 1.73. The van der Waals surface area contributed by atoms with Crippen LogP contribution in [0.15, 0.2) is 60.7 Å². The molecule has 0 radical (unpaired) electrons. The standard InChI is InChI=1S/C22H28N2O2/c1-2-21(26-20-13-7-4-8-14-20)22(25)24(17-19-12-9-15-23-19)16-18-10-5-3-6-11-18/h3-8,10-11,13-14,19,21,23H,2,9,12,15-17H2,1H3/t19?,21-/m1/s1. The van der Waals surface area contributed by atoms with Crippen molar-refractivity contribution in [2.45, 2.75) is 44.9 Å². The molecule has 0 bridgehead atoms. The molecule has 2 atom stereocenters. The molecule has 1 unspecified atom stereocenters. The van der Waals surface area contributed by atoms with Crippen molar-refractivity contribution in [1.82, 2.24) is 10.2 Å². The Morgan fingerprint density at radius 3 is 2.46 bits per heavy atom. The molecule has 0 aromatic heterocycles. The number of hydrogen-bond acceptors (Lipinski definition) is 3. The van der Waals surface area contributed by atoms with Gasteiger partial charge in [0.15, 0.2) is 6.10 Å². The number of para-hydroxylation sites is 1. The molecule has 0 saturated carbocycles. The summed E-state index contributed by atoms with van der Waals surface area (Å²) in [7, 11) is 0. The Hall–Kier alpha value is -2.33. The van der Waals surface area contributed by atoms with E-state index in [1.807, 2.05) is 60.4 Å². The summed E-state index contributed by atoms with van der Waals surface area (Å²) in [5, 5.41) is 3.50. The fourth-order valence-corrected chi connectivity index (χ4v) is 3.39. The summed E-state index contributed by atoms with van der Waals surface area (Å²) in [6, 6.07) is 20.1. The Kier molecular flexibility index (Phi) is 6.67. The highest BCUT2D eigenvalue weighted by molar-refractivity contribution is 5.81. The molecule has 2 aromatic rings. The highest BCUT2D eigenvalue weighted by Gasteiger charge is 2.28. The molecule has 0 aliphatic carbocycles. The van der Waals surface area contributed by atoms with Crippen LogP contribution in [0, 0.1) is 0 Å². The third-order valence-electron chi connectivity index (χ3n) is 4.80. The molecule has 26 heavy (non-hydrogen) atoms. The number of carbonyl (C=O) groups excluding carboxylic acids is 1. The van der Waals surface area contributed by atoms with Crippen molar-refractivity contribution in [2.24, 2.45) is 0 Å². The van der Waals surface area contributed by atoms with Crippen LogP contribution in [-0.2, 0) is 11.3 Å². The van der Waals surface area contributed by atoms with Crippen molar-refractivity contribution in [1.29, 1.82) is 0 Å². The van der Waals surface area contributed by atoms with E-state index >= 15 is 0 Å². The van der Waals surface area contributed by atoms with Gasteiger partial charge in [0.1, 0.15) is 5.75 Å². The first-order chi connectivity index (χ1) is 12.8. The maximum absolute atomic E-state index is 13.2. The van der Waals surface area contributed by atoms with E-state index in [0.29, 0.717) is 19.0 Å². The van der Waals surface area contributed by atoms with Gasteiger partial charge in [0.05, 0.1) is 0 Å². The monoisotopic (exact) mass is 352 g/mol. The minimum atomic E-state index is -0.456. The molecule has 2 aromatic carbocycles. The van der Waals surface area contributed by atoms with Gasteiger partial charge in [-0.25, -0.2) is 0 Å². The Morgan fingerprint density at radius 1 is 1.15 bits per heavy atom. The zero-order chi connectivity index (χ0) is 18.2. The van der Waals surface area contributed by atoms with Gasteiger partial charge >= 0.3 is 0 Å². The van der Waals surface area contributed by atoms with Crippen LogP contribution in [0.25, 0.3) is 0 Å². The first kappa shape index (κ1) is 18.5. The summed E-state index contributed by atoms with van der Waals surface area (Å²) in [6.07, 6.45) is 2.49. The largest absolute Gasteiger partial charge is 0.481 e. The van der Waals surface area contributed by atoms with E-state index in [1.54, 1.807) is 0 Å². The van der Waals surface area contributed by atoms with Crippen molar-refractivity contribution >= 4 is 5.91 Å². The lowest BCUT2D eigenvalue weighted by Crippen LogP contribution is -2.46. The molecule has 4 nitrogen and oxygen atoms in total. The van der Waals surface area contributed by atoms with Gasteiger partial charge in [-0.1, -0.05) is 55.5 Å². The van der Waals surface area contributed by atoms with E-state index in [-0.39, 0.29) is 5.91 Å². The molecule has 0 spiro atoms. The van der Waals surface area contributed by atoms with Crippen molar-refractivity contribution in [3.63, 3.8) is 0 Å². The minimum absolute atomic E-state index is 0.0638. The van der Waals surface area contributed by atoms with Crippen LogP contribution in [0.1, 0.15) is 31.7 Å². The van der Waals surface area contributed by atoms with Gasteiger partial charge in [0.2, 0.25) is 0 Å². The minimum Gasteiger partial charge on any atom is -0.481 e. The average molecular weight is 352 g/mol. The summed E-state index contributed by atoms with van der Waals surface area (Å²) in [4.78, 5) is 15.2. The van der Waals surface area contributed by atoms with Gasteiger partial charge in [0.25, 0.3) is 5.91 Å². The molecule has 1 N–H and O–H groups in total. The van der Waals surface area contributed by atoms with E-state index in [9.17, 15) is 4.79 Å². The average Bonchev–Trinajstić information content (AvgIpc) is 3.20. The maximum atomic E-state index is 13.2. The zero-order valence-electron chi connectivity index (χ0n) is 15.4. The fraction of sp³-hybridized carbons (Fsp3) is 0.409. The number of nitrogens with zero attached hydrogens (tertiary/aromatic N) is 1. The molecule has 1 fully saturated rings. The zero-order valence-corrected chi connectivity index (χ0v) is 15.4. The lowest BCUT2D eigenvalue weighted by Gasteiger charge is -2.29. The second-order valence-corrected chi connectivity index (χ2v) is 6.83. The van der Waals surface area contributed by atoms with Gasteiger partial charge in [-0.05, 0) is 43.5 Å². The van der Waals surface area contributed by atoms with E-state index < -0.39 is 6.10 Å². The molecule has 1 aliphatic heterocycles. The Bertz CT molecular complexity index is 669. The topological polar surface area (TPSA) is 41.6 Å². The summed E-state index contributed by atoms with van der Waals surface area (Å²) in [6.45, 7) is 4.38. The van der Waals surface area contributed by atoms with Crippen LogP contribution < -0.4 is 10.1 Å². The normalized spacial score (nSPS) is 17.7. The summed E-state index contributed by atoms with van der Waals surface area (Å²) in [5.74, 6) is 0.806. The molecule has 138 valence electrons. The molecule has 1 amide bonds. The van der Waals surface area contributed by atoms with Crippen LogP contribution in [0.5, 0.6) is 5.75 Å². The van der Waals surface area contributed by atoms with E-state index in [1.165, 1.54) is 6.42 Å². The van der Waals surface area contributed by atoms with Gasteiger partial charge in [-0.2, -0.15) is 0 Å². The molecule has 1 aliphatic rings. The number of hydrogen-bond donors (Lipinski definition) is 1. The van der Waals surface area contributed by atoms with Crippen molar-refractivity contribution < 1.29 is 9.53 Å². The Labute approximate surface area is 156 Å². The number of carbonyl (C=O) groups is 1. The van der Waals surface area contributed by atoms with Gasteiger partial charge in [-0.15, -0.1) is 0 Å². The number of rotatable bonds is 8. The summed E-state index contributed by atoms with van der Waals surface area (Å²) < 4.78 is 6.00. The maximum Gasteiger partial charge on any atom is 0.263 e. The smallest absolute Gasteiger partial charge is 0.263 e. The van der Waals surface area contributed by atoms with Crippen LogP contribution in [-0.4, -0.2) is 36.0 Å². The van der Waals surface area contributed by atoms with Crippen LogP contribution in [0.4, 0.5) is 0 Å². The molecule has 3 rings (SSSR count). The molecule has 4 heteroatoms. The SMILES string of the molecule is CC[C@@H](Oc1ccccc1)C(=O)N(Cc1ccccc1)CC1CCCN1. The van der Waals surface area contributed by atoms with Crippen molar-refractivity contribution in [3.8, 4) is 5.75 Å². The third kappa shape index (κ3) is 5.09. The number of benzene rings is 2. The number of amides is 1. The lowest BCUT2D eigenvalue weighted by atomic mass is 10.1. The third-order valence-corrected chi connectivity index (χ3v) is 4.80. The second-order valence-electron chi connectivity index (χ2n) is 6.83. The highest BCUT2D eigenvalue weighted by atomic mass is 16.5. The van der Waals surface area contributed by atoms with E-state index in [2.05, 4.69) is 17.4 Å². The van der Waals surface area contributed by atoms with Crippen molar-refractivity contribution in [2.75, 3.05) is 13.1 Å². The Morgan fingerprint density at radius 2 is 1.85 bits per heavy atom. The molecule has 1 saturated heterocycles. The quantitative estimate of drug-likeness (QED) is 0.789. The molecular formula is C22H28N2O2. The van der Waals surface area contributed by atoms with Crippen LogP contribution in [0.3, 0.4) is 0 Å². The predicted molar refractivity (Wildman–Crippen MR) is 104 cm³/mol. The summed E-state index contributed by atoms with van der Waals surface area (Å²) in [5.41, 5.74) is 1.15. The fourth-order valence-electron chi connectivity index (χ4n) is 3.39. The van der Waals surface area contributed by atoms with E-state index in [4.69, 9.17) is 4.74 Å². The number of nitrogens with one attached hydrogen (secondary N) is 1. The first-order valence-electron chi connectivity index (χ1n) is 9.54. The van der Waals surface area contributed by atoms with Crippen LogP contribution in [0.2, 0.25) is 0 Å². The van der Waals surface area contributed by atoms with Crippen LogP contribution >= 0.6 is 0 Å². The van der Waals surface area contributed by atoms with E-state index in [0.717, 1.165) is 30.8 Å². The van der Waals surface area contributed by atoms with Gasteiger partial charge in [-0.3, -0.25) is 4.79 Å². The van der Waals surface area contributed by atoms with Crippen molar-refractivity contribution in [3.05, 3.63) is 66.2 Å². The second kappa shape index (κ2) is 9.39. The summed E-state index contributed by atoms with van der Waals surface area (Å²) >= 11 is 0.